The predicted octanol–water partition coefficient (Wildman–Crippen LogP) is 3.62. The highest BCUT2D eigenvalue weighted by atomic mass is 16.5. The highest BCUT2D eigenvalue weighted by molar-refractivity contribution is 5.93. The number of hydrogen-bond acceptors (Lipinski definition) is 4. The third-order valence-corrected chi connectivity index (χ3v) is 5.92. The number of anilines is 1. The molecule has 1 N–H and O–H groups in total. The molecule has 2 bridgehead atoms. The van der Waals surface area contributed by atoms with Gasteiger partial charge in [-0.2, -0.15) is 0 Å². The van der Waals surface area contributed by atoms with Gasteiger partial charge in [0.2, 0.25) is 0 Å². The monoisotopic (exact) mass is 380 g/mol. The molecule has 3 atom stereocenters. The zero-order valence-corrected chi connectivity index (χ0v) is 15.8. The Morgan fingerprint density at radius 3 is 2.64 bits per heavy atom. The molecule has 2 fully saturated rings. The summed E-state index contributed by atoms with van der Waals surface area (Å²) in [4.78, 5) is 28.2. The Kier molecular flexibility index (Phi) is 5.05. The van der Waals surface area contributed by atoms with Crippen molar-refractivity contribution in [2.24, 2.45) is 5.92 Å². The fourth-order valence-electron chi connectivity index (χ4n) is 4.74. The Balaban J connectivity index is 1.63. The lowest BCUT2D eigenvalue weighted by molar-refractivity contribution is 0.0696. The number of likely N-dealkylation sites (tertiary alicyclic amines) is 1. The largest absolute Gasteiger partial charge is 0.478 e. The van der Waals surface area contributed by atoms with Gasteiger partial charge in [-0.15, -0.1) is 0 Å². The summed E-state index contributed by atoms with van der Waals surface area (Å²) >= 11 is 0. The minimum Gasteiger partial charge on any atom is -0.478 e. The summed E-state index contributed by atoms with van der Waals surface area (Å²) < 4.78 is 5.08. The maximum Gasteiger partial charge on any atom is 0.414 e. The van der Waals surface area contributed by atoms with Crippen LogP contribution in [0.5, 0.6) is 0 Å². The van der Waals surface area contributed by atoms with Gasteiger partial charge in [-0.25, -0.2) is 9.59 Å². The van der Waals surface area contributed by atoms with E-state index in [-0.39, 0.29) is 17.6 Å². The fraction of sp³-hybridized carbons (Fsp3) is 0.364. The summed E-state index contributed by atoms with van der Waals surface area (Å²) in [6.07, 6.45) is 1.65. The number of ether oxygens (including phenoxy) is 1. The molecule has 1 amide bonds. The van der Waals surface area contributed by atoms with Gasteiger partial charge in [-0.05, 0) is 42.5 Å². The minimum atomic E-state index is -1.01. The number of hydrogen-bond donors (Lipinski definition) is 1. The normalized spacial score (nSPS) is 23.5. The molecule has 6 nitrogen and oxygen atoms in total. The van der Waals surface area contributed by atoms with Crippen LogP contribution in [0.4, 0.5) is 10.5 Å². The third kappa shape index (κ3) is 3.36. The molecule has 0 aromatic heterocycles. The van der Waals surface area contributed by atoms with Crippen LogP contribution in [-0.2, 0) is 11.3 Å². The van der Waals surface area contributed by atoms with E-state index in [4.69, 9.17) is 4.74 Å². The van der Waals surface area contributed by atoms with Crippen molar-refractivity contribution < 1.29 is 19.4 Å². The average molecular weight is 380 g/mol. The first-order valence-electron chi connectivity index (χ1n) is 9.57. The van der Waals surface area contributed by atoms with E-state index in [1.165, 1.54) is 18.7 Å². The van der Waals surface area contributed by atoms with E-state index in [0.717, 1.165) is 25.9 Å². The molecule has 1 aliphatic heterocycles. The van der Waals surface area contributed by atoms with Gasteiger partial charge in [0.15, 0.2) is 0 Å². The number of piperidine rings is 1. The number of carboxylic acids is 1. The van der Waals surface area contributed by atoms with Gasteiger partial charge in [0.25, 0.3) is 0 Å². The van der Waals surface area contributed by atoms with E-state index in [0.29, 0.717) is 11.6 Å². The zero-order chi connectivity index (χ0) is 19.7. The number of benzene rings is 2. The van der Waals surface area contributed by atoms with Crippen LogP contribution in [0.25, 0.3) is 0 Å². The summed E-state index contributed by atoms with van der Waals surface area (Å²) in [7, 11) is 1.37. The SMILES string of the molecule is COC(=O)N(c1cccc(C(=O)O)c1)C1C2CCC1N(Cc1ccccc1)C2. The molecule has 2 aromatic carbocycles. The van der Waals surface area contributed by atoms with Crippen LogP contribution in [-0.4, -0.2) is 47.8 Å². The molecule has 2 aliphatic rings. The van der Waals surface area contributed by atoms with Gasteiger partial charge < -0.3 is 9.84 Å². The molecular formula is C22H24N2O4. The standard InChI is InChI=1S/C22H24N2O4/c1-28-22(27)24(18-9-5-8-16(12-18)21(25)26)20-17-10-11-19(20)23(14-17)13-15-6-3-2-4-7-15/h2-9,12,17,19-20H,10-11,13-14H2,1H3,(H,25,26). The lowest BCUT2D eigenvalue weighted by Crippen LogP contribution is -2.47. The molecule has 6 heteroatoms. The lowest BCUT2D eigenvalue weighted by atomic mass is 10.0. The number of methoxy groups -OCH3 is 1. The van der Waals surface area contributed by atoms with Crippen molar-refractivity contribution in [2.75, 3.05) is 18.6 Å². The number of fused-ring (bicyclic) bond motifs is 2. The van der Waals surface area contributed by atoms with Crippen molar-refractivity contribution in [2.45, 2.75) is 31.5 Å². The molecule has 1 aliphatic carbocycles. The summed E-state index contributed by atoms with van der Waals surface area (Å²) in [5.41, 5.74) is 2.00. The molecule has 1 saturated heterocycles. The van der Waals surface area contributed by atoms with Crippen LogP contribution in [0.2, 0.25) is 0 Å². The summed E-state index contributed by atoms with van der Waals surface area (Å²) in [5, 5.41) is 9.33. The van der Waals surface area contributed by atoms with Crippen LogP contribution in [0.15, 0.2) is 54.6 Å². The predicted molar refractivity (Wildman–Crippen MR) is 105 cm³/mol. The van der Waals surface area contributed by atoms with Gasteiger partial charge >= 0.3 is 12.1 Å². The maximum absolute atomic E-state index is 12.7. The van der Waals surface area contributed by atoms with Crippen LogP contribution in [0.1, 0.15) is 28.8 Å². The first kappa shape index (κ1) is 18.5. The minimum absolute atomic E-state index is 0.0137. The molecule has 1 saturated carbocycles. The van der Waals surface area contributed by atoms with Gasteiger partial charge in [-0.3, -0.25) is 9.80 Å². The second kappa shape index (κ2) is 7.64. The van der Waals surface area contributed by atoms with Crippen molar-refractivity contribution in [1.82, 2.24) is 4.90 Å². The second-order valence-electron chi connectivity index (χ2n) is 7.51. The van der Waals surface area contributed by atoms with Gasteiger partial charge in [0, 0.05) is 24.8 Å². The van der Waals surface area contributed by atoms with Gasteiger partial charge in [-0.1, -0.05) is 36.4 Å². The van der Waals surface area contributed by atoms with Crippen LogP contribution < -0.4 is 4.90 Å². The molecule has 146 valence electrons. The Hall–Kier alpha value is -2.86. The smallest absolute Gasteiger partial charge is 0.414 e. The number of nitrogens with zero attached hydrogens (tertiary/aromatic N) is 2. The summed E-state index contributed by atoms with van der Waals surface area (Å²) in [6, 6.07) is 17.1. The number of carbonyl (C=O) groups is 2. The van der Waals surface area contributed by atoms with Crippen molar-refractivity contribution in [3.63, 3.8) is 0 Å². The van der Waals surface area contributed by atoms with E-state index in [9.17, 15) is 14.7 Å². The highest BCUT2D eigenvalue weighted by Gasteiger charge is 2.51. The molecule has 2 aromatic rings. The summed E-state index contributed by atoms with van der Waals surface area (Å²) in [6.45, 7) is 1.78. The third-order valence-electron chi connectivity index (χ3n) is 5.92. The number of aromatic carboxylic acids is 1. The van der Waals surface area contributed by atoms with Crippen molar-refractivity contribution in [3.05, 3.63) is 65.7 Å². The highest BCUT2D eigenvalue weighted by Crippen LogP contribution is 2.43. The lowest BCUT2D eigenvalue weighted by Gasteiger charge is -2.32. The first-order chi connectivity index (χ1) is 13.6. The molecule has 0 radical (unpaired) electrons. The van der Waals surface area contributed by atoms with E-state index in [1.54, 1.807) is 23.1 Å². The Morgan fingerprint density at radius 2 is 1.93 bits per heavy atom. The quantitative estimate of drug-likeness (QED) is 0.858. The second-order valence-corrected chi connectivity index (χ2v) is 7.51. The first-order valence-corrected chi connectivity index (χ1v) is 9.57. The van der Waals surface area contributed by atoms with Gasteiger partial charge in [0.1, 0.15) is 0 Å². The Labute approximate surface area is 164 Å². The number of rotatable bonds is 5. The topological polar surface area (TPSA) is 70.1 Å². The summed E-state index contributed by atoms with van der Waals surface area (Å²) in [5.74, 6) is -0.659. The van der Waals surface area contributed by atoms with Crippen LogP contribution >= 0.6 is 0 Å². The van der Waals surface area contributed by atoms with Crippen molar-refractivity contribution >= 4 is 17.7 Å². The van der Waals surface area contributed by atoms with E-state index in [1.807, 2.05) is 18.2 Å². The zero-order valence-electron chi connectivity index (χ0n) is 15.8. The van der Waals surface area contributed by atoms with Crippen molar-refractivity contribution in [3.8, 4) is 0 Å². The van der Waals surface area contributed by atoms with Crippen LogP contribution in [0, 0.1) is 5.92 Å². The van der Waals surface area contributed by atoms with E-state index in [2.05, 4.69) is 17.0 Å². The number of carbonyl (C=O) groups excluding carboxylic acids is 1. The van der Waals surface area contributed by atoms with E-state index >= 15 is 0 Å². The molecule has 28 heavy (non-hydrogen) atoms. The average Bonchev–Trinajstić information content (AvgIpc) is 3.26. The Bertz CT molecular complexity index is 870. The number of amides is 1. The van der Waals surface area contributed by atoms with Crippen LogP contribution in [0.3, 0.4) is 0 Å². The molecule has 1 heterocycles. The van der Waals surface area contributed by atoms with E-state index < -0.39 is 12.1 Å². The maximum atomic E-state index is 12.7. The molecular weight excluding hydrogens is 356 g/mol. The fourth-order valence-corrected chi connectivity index (χ4v) is 4.74. The molecule has 4 rings (SSSR count). The van der Waals surface area contributed by atoms with Gasteiger partial charge in [0.05, 0.1) is 18.7 Å². The number of carboxylic acid groups (broad SMARTS) is 1. The Morgan fingerprint density at radius 1 is 1.14 bits per heavy atom. The molecule has 3 unspecified atom stereocenters. The molecule has 0 spiro atoms. The van der Waals surface area contributed by atoms with Crippen molar-refractivity contribution in [1.29, 1.82) is 0 Å².